The average molecular weight is 298 g/mol. The standard InChI is InChI=1S/C14H22N2O3S/c1-18-9-6-15-14(17)16(11-13-3-2-10-20-13)12-4-7-19-8-5-12/h2-3,10,12H,4-9,11H2,1H3,(H,15,17). The molecule has 1 aromatic heterocycles. The maximum atomic E-state index is 12.4. The first-order valence-corrected chi connectivity index (χ1v) is 7.82. The summed E-state index contributed by atoms with van der Waals surface area (Å²) in [6, 6.07) is 4.33. The number of thiophene rings is 1. The van der Waals surface area contributed by atoms with Gasteiger partial charge in [-0.25, -0.2) is 4.79 Å². The first-order chi connectivity index (χ1) is 9.81. The molecule has 1 saturated heterocycles. The molecule has 2 amide bonds. The third-order valence-corrected chi connectivity index (χ3v) is 4.24. The summed E-state index contributed by atoms with van der Waals surface area (Å²) in [7, 11) is 1.63. The molecule has 0 saturated carbocycles. The molecule has 2 rings (SSSR count). The number of rotatable bonds is 6. The van der Waals surface area contributed by atoms with Crippen molar-refractivity contribution in [3.8, 4) is 0 Å². The monoisotopic (exact) mass is 298 g/mol. The average Bonchev–Trinajstić information content (AvgIpc) is 2.99. The molecule has 1 fully saturated rings. The zero-order valence-electron chi connectivity index (χ0n) is 11.8. The molecular formula is C14H22N2O3S. The van der Waals surface area contributed by atoms with Gasteiger partial charge < -0.3 is 19.7 Å². The summed E-state index contributed by atoms with van der Waals surface area (Å²) in [6.07, 6.45) is 1.81. The molecule has 0 unspecified atom stereocenters. The van der Waals surface area contributed by atoms with E-state index in [1.165, 1.54) is 4.88 Å². The maximum Gasteiger partial charge on any atom is 0.318 e. The van der Waals surface area contributed by atoms with Crippen LogP contribution in [0.25, 0.3) is 0 Å². The van der Waals surface area contributed by atoms with E-state index in [-0.39, 0.29) is 12.1 Å². The van der Waals surface area contributed by atoms with E-state index in [0.717, 1.165) is 26.1 Å². The number of hydrogen-bond acceptors (Lipinski definition) is 4. The van der Waals surface area contributed by atoms with E-state index < -0.39 is 0 Å². The van der Waals surface area contributed by atoms with Gasteiger partial charge >= 0.3 is 6.03 Å². The number of urea groups is 1. The van der Waals surface area contributed by atoms with Crippen LogP contribution < -0.4 is 5.32 Å². The highest BCUT2D eigenvalue weighted by molar-refractivity contribution is 7.09. The van der Waals surface area contributed by atoms with Crippen molar-refractivity contribution in [2.45, 2.75) is 25.4 Å². The summed E-state index contributed by atoms with van der Waals surface area (Å²) in [6.45, 7) is 3.21. The lowest BCUT2D eigenvalue weighted by Gasteiger charge is -2.34. The highest BCUT2D eigenvalue weighted by Gasteiger charge is 2.25. The molecule has 0 aliphatic carbocycles. The van der Waals surface area contributed by atoms with Gasteiger partial charge in [0.25, 0.3) is 0 Å². The van der Waals surface area contributed by atoms with E-state index in [0.29, 0.717) is 19.7 Å². The lowest BCUT2D eigenvalue weighted by molar-refractivity contribution is 0.0436. The van der Waals surface area contributed by atoms with Crippen molar-refractivity contribution >= 4 is 17.4 Å². The lowest BCUT2D eigenvalue weighted by atomic mass is 10.1. The van der Waals surface area contributed by atoms with Crippen LogP contribution in [0.1, 0.15) is 17.7 Å². The van der Waals surface area contributed by atoms with Crippen molar-refractivity contribution in [2.75, 3.05) is 33.5 Å². The molecule has 6 heteroatoms. The van der Waals surface area contributed by atoms with Crippen LogP contribution in [0, 0.1) is 0 Å². The summed E-state index contributed by atoms with van der Waals surface area (Å²) in [5.74, 6) is 0. The Bertz CT molecular complexity index is 391. The van der Waals surface area contributed by atoms with Gasteiger partial charge in [0, 0.05) is 37.8 Å². The van der Waals surface area contributed by atoms with Gasteiger partial charge in [-0.3, -0.25) is 0 Å². The molecule has 20 heavy (non-hydrogen) atoms. The third-order valence-electron chi connectivity index (χ3n) is 3.38. The van der Waals surface area contributed by atoms with Crippen LogP contribution in [0.4, 0.5) is 4.79 Å². The lowest BCUT2D eigenvalue weighted by Crippen LogP contribution is -2.48. The normalized spacial score (nSPS) is 16.1. The molecule has 0 atom stereocenters. The Labute approximate surface area is 123 Å². The molecule has 0 radical (unpaired) electrons. The summed E-state index contributed by atoms with van der Waals surface area (Å²) in [5, 5.41) is 4.96. The van der Waals surface area contributed by atoms with Crippen LogP contribution in [0.3, 0.4) is 0 Å². The molecule has 0 bridgehead atoms. The van der Waals surface area contributed by atoms with Crippen LogP contribution in [-0.4, -0.2) is 50.4 Å². The molecule has 112 valence electrons. The molecule has 5 nitrogen and oxygen atoms in total. The minimum absolute atomic E-state index is 0.0117. The number of carbonyl (C=O) groups excluding carboxylic acids is 1. The van der Waals surface area contributed by atoms with Crippen molar-refractivity contribution in [2.24, 2.45) is 0 Å². The first kappa shape index (κ1) is 15.3. The third kappa shape index (κ3) is 4.47. The van der Waals surface area contributed by atoms with E-state index in [1.54, 1.807) is 18.4 Å². The van der Waals surface area contributed by atoms with E-state index in [2.05, 4.69) is 11.4 Å². The summed E-state index contributed by atoms with van der Waals surface area (Å²) >= 11 is 1.68. The molecular weight excluding hydrogens is 276 g/mol. The Hall–Kier alpha value is -1.11. The van der Waals surface area contributed by atoms with E-state index in [9.17, 15) is 4.79 Å². The van der Waals surface area contributed by atoms with Crippen molar-refractivity contribution in [3.63, 3.8) is 0 Å². The van der Waals surface area contributed by atoms with Crippen molar-refractivity contribution in [3.05, 3.63) is 22.4 Å². The van der Waals surface area contributed by atoms with Gasteiger partial charge in [0.1, 0.15) is 0 Å². The SMILES string of the molecule is COCCNC(=O)N(Cc1cccs1)C1CCOCC1. The molecule has 0 spiro atoms. The van der Waals surface area contributed by atoms with Crippen molar-refractivity contribution in [1.29, 1.82) is 0 Å². The highest BCUT2D eigenvalue weighted by atomic mass is 32.1. The molecule has 1 aliphatic rings. The highest BCUT2D eigenvalue weighted by Crippen LogP contribution is 2.19. The van der Waals surface area contributed by atoms with Crippen LogP contribution in [-0.2, 0) is 16.0 Å². The number of nitrogens with zero attached hydrogens (tertiary/aromatic N) is 1. The summed E-state index contributed by atoms with van der Waals surface area (Å²) in [4.78, 5) is 15.5. The van der Waals surface area contributed by atoms with Gasteiger partial charge in [0.2, 0.25) is 0 Å². The largest absolute Gasteiger partial charge is 0.383 e. The quantitative estimate of drug-likeness (QED) is 0.818. The fourth-order valence-electron chi connectivity index (χ4n) is 2.30. The van der Waals surface area contributed by atoms with Crippen LogP contribution in [0.5, 0.6) is 0 Å². The van der Waals surface area contributed by atoms with Gasteiger partial charge in [-0.15, -0.1) is 11.3 Å². The van der Waals surface area contributed by atoms with Gasteiger partial charge in [0.15, 0.2) is 0 Å². The second-order valence-electron chi connectivity index (χ2n) is 4.78. The van der Waals surface area contributed by atoms with E-state index in [4.69, 9.17) is 9.47 Å². The minimum atomic E-state index is -0.0117. The second kappa shape index (κ2) is 8.24. The Morgan fingerprint density at radius 1 is 1.55 bits per heavy atom. The van der Waals surface area contributed by atoms with E-state index >= 15 is 0 Å². The number of methoxy groups -OCH3 is 1. The first-order valence-electron chi connectivity index (χ1n) is 6.95. The fraction of sp³-hybridized carbons (Fsp3) is 0.643. The predicted octanol–water partition coefficient (Wildman–Crippen LogP) is 2.09. The summed E-state index contributed by atoms with van der Waals surface area (Å²) < 4.78 is 10.4. The molecule has 1 aromatic rings. The van der Waals surface area contributed by atoms with E-state index in [1.807, 2.05) is 16.3 Å². The zero-order chi connectivity index (χ0) is 14.2. The number of carbonyl (C=O) groups is 1. The maximum absolute atomic E-state index is 12.4. The van der Waals surface area contributed by atoms with Crippen LogP contribution >= 0.6 is 11.3 Å². The van der Waals surface area contributed by atoms with Crippen LogP contribution in [0.2, 0.25) is 0 Å². The van der Waals surface area contributed by atoms with Crippen LogP contribution in [0.15, 0.2) is 17.5 Å². The molecule has 1 aliphatic heterocycles. The Morgan fingerprint density at radius 3 is 3.00 bits per heavy atom. The van der Waals surface area contributed by atoms with Crippen molar-refractivity contribution in [1.82, 2.24) is 10.2 Å². The fourth-order valence-corrected chi connectivity index (χ4v) is 3.00. The van der Waals surface area contributed by atoms with Crippen molar-refractivity contribution < 1.29 is 14.3 Å². The Balaban J connectivity index is 1.96. The molecule has 0 aromatic carbocycles. The van der Waals surface area contributed by atoms with Gasteiger partial charge in [0.05, 0.1) is 13.2 Å². The Kier molecular flexibility index (Phi) is 6.29. The topological polar surface area (TPSA) is 50.8 Å². The van der Waals surface area contributed by atoms with Gasteiger partial charge in [-0.1, -0.05) is 6.07 Å². The van der Waals surface area contributed by atoms with Gasteiger partial charge in [-0.05, 0) is 24.3 Å². The number of ether oxygens (including phenoxy) is 2. The zero-order valence-corrected chi connectivity index (χ0v) is 12.7. The summed E-state index contributed by atoms with van der Waals surface area (Å²) in [5.41, 5.74) is 0. The smallest absolute Gasteiger partial charge is 0.318 e. The number of hydrogen-bond donors (Lipinski definition) is 1. The minimum Gasteiger partial charge on any atom is -0.383 e. The number of amides is 2. The Morgan fingerprint density at radius 2 is 2.35 bits per heavy atom. The van der Waals surface area contributed by atoms with Gasteiger partial charge in [-0.2, -0.15) is 0 Å². The molecule has 1 N–H and O–H groups in total. The number of nitrogens with one attached hydrogen (secondary N) is 1. The second-order valence-corrected chi connectivity index (χ2v) is 5.81. The predicted molar refractivity (Wildman–Crippen MR) is 79.0 cm³/mol. The molecule has 2 heterocycles.